The zero-order valence-corrected chi connectivity index (χ0v) is 11.3. The van der Waals surface area contributed by atoms with Crippen LogP contribution in [0.25, 0.3) is 0 Å². The summed E-state index contributed by atoms with van der Waals surface area (Å²) in [5, 5.41) is 3.00. The number of benzene rings is 1. The molecule has 0 bridgehead atoms. The van der Waals surface area contributed by atoms with E-state index in [1.807, 2.05) is 0 Å². The highest BCUT2D eigenvalue weighted by Crippen LogP contribution is 2.17. The lowest BCUT2D eigenvalue weighted by molar-refractivity contribution is 0.379. The van der Waals surface area contributed by atoms with Gasteiger partial charge in [-0.15, -0.1) is 0 Å². The minimum absolute atomic E-state index is 0.0199. The molecule has 2 aromatic rings. The number of anilines is 1. The molecule has 1 heterocycles. The van der Waals surface area contributed by atoms with E-state index in [1.54, 1.807) is 6.07 Å². The van der Waals surface area contributed by atoms with Gasteiger partial charge in [0.25, 0.3) is 0 Å². The molecule has 1 N–H and O–H groups in total. The van der Waals surface area contributed by atoms with Gasteiger partial charge in [-0.2, -0.15) is 15.0 Å². The average molecular weight is 303 g/mol. The van der Waals surface area contributed by atoms with Crippen molar-refractivity contribution in [2.75, 3.05) is 12.4 Å². The Bertz CT molecular complexity index is 597. The number of hydrogen-bond acceptors (Lipinski definition) is 5. The Hall–Kier alpha value is -1.66. The summed E-state index contributed by atoms with van der Waals surface area (Å²) in [5.74, 6) is -0.201. The van der Waals surface area contributed by atoms with Crippen molar-refractivity contribution in [1.29, 1.82) is 0 Å². The van der Waals surface area contributed by atoms with Crippen LogP contribution in [0.3, 0.4) is 0 Å². The third-order valence-electron chi connectivity index (χ3n) is 2.20. The fraction of sp³-hybridized carbons (Fsp3) is 0.182. The van der Waals surface area contributed by atoms with Gasteiger partial charge in [0.15, 0.2) is 0 Å². The molecule has 0 saturated carbocycles. The molecule has 1 aromatic heterocycles. The predicted octanol–water partition coefficient (Wildman–Crippen LogP) is 2.94. The molecule has 19 heavy (non-hydrogen) atoms. The van der Waals surface area contributed by atoms with Gasteiger partial charge < -0.3 is 10.1 Å². The zero-order chi connectivity index (χ0) is 13.8. The Kier molecular flexibility index (Phi) is 4.34. The first-order valence-corrected chi connectivity index (χ1v) is 5.97. The van der Waals surface area contributed by atoms with Crippen LogP contribution < -0.4 is 10.1 Å². The maximum atomic E-state index is 13.0. The summed E-state index contributed by atoms with van der Waals surface area (Å²) in [6.07, 6.45) is 0. The van der Waals surface area contributed by atoms with Gasteiger partial charge in [0.1, 0.15) is 5.82 Å². The van der Waals surface area contributed by atoms with E-state index in [1.165, 1.54) is 19.2 Å². The molecule has 100 valence electrons. The lowest BCUT2D eigenvalue weighted by Crippen LogP contribution is -2.06. The van der Waals surface area contributed by atoms with Gasteiger partial charge >= 0.3 is 6.01 Å². The molecule has 0 unspecified atom stereocenters. The standard InChI is InChI=1S/C11H9Cl2FN4O/c1-19-11-17-9(13)16-10(18-11)15-5-6-2-3-8(14)7(12)4-6/h2-4H,5H2,1H3,(H,15,16,17,18). The molecule has 0 aliphatic carbocycles. The van der Waals surface area contributed by atoms with E-state index < -0.39 is 5.82 Å². The Morgan fingerprint density at radius 2 is 2.05 bits per heavy atom. The highest BCUT2D eigenvalue weighted by Gasteiger charge is 2.06. The lowest BCUT2D eigenvalue weighted by atomic mass is 10.2. The van der Waals surface area contributed by atoms with Crippen LogP contribution in [0.5, 0.6) is 6.01 Å². The van der Waals surface area contributed by atoms with Crippen molar-refractivity contribution in [3.8, 4) is 6.01 Å². The Morgan fingerprint density at radius 3 is 2.74 bits per heavy atom. The van der Waals surface area contributed by atoms with Crippen molar-refractivity contribution >= 4 is 29.2 Å². The van der Waals surface area contributed by atoms with Gasteiger partial charge in [-0.3, -0.25) is 0 Å². The minimum atomic E-state index is -0.463. The Labute approximate surface area is 118 Å². The summed E-state index contributed by atoms with van der Waals surface area (Å²) < 4.78 is 17.9. The van der Waals surface area contributed by atoms with Crippen LogP contribution in [0.2, 0.25) is 10.3 Å². The second-order valence-electron chi connectivity index (χ2n) is 3.52. The van der Waals surface area contributed by atoms with E-state index in [4.69, 9.17) is 27.9 Å². The minimum Gasteiger partial charge on any atom is -0.467 e. The van der Waals surface area contributed by atoms with Gasteiger partial charge in [-0.05, 0) is 29.3 Å². The van der Waals surface area contributed by atoms with Crippen molar-refractivity contribution in [1.82, 2.24) is 15.0 Å². The smallest absolute Gasteiger partial charge is 0.322 e. The molecular formula is C11H9Cl2FN4O. The van der Waals surface area contributed by atoms with E-state index in [2.05, 4.69) is 20.3 Å². The van der Waals surface area contributed by atoms with Gasteiger partial charge in [0.2, 0.25) is 11.2 Å². The second kappa shape index (κ2) is 5.99. The molecule has 0 fully saturated rings. The molecule has 0 radical (unpaired) electrons. The average Bonchev–Trinajstić information content (AvgIpc) is 2.39. The first-order valence-electron chi connectivity index (χ1n) is 5.22. The summed E-state index contributed by atoms with van der Waals surface area (Å²) in [5.41, 5.74) is 0.780. The number of nitrogens with zero attached hydrogens (tertiary/aromatic N) is 3. The number of halogens is 3. The fourth-order valence-electron chi connectivity index (χ4n) is 1.33. The highest BCUT2D eigenvalue weighted by atomic mass is 35.5. The second-order valence-corrected chi connectivity index (χ2v) is 4.26. The van der Waals surface area contributed by atoms with Crippen molar-refractivity contribution in [2.24, 2.45) is 0 Å². The van der Waals surface area contributed by atoms with Gasteiger partial charge in [-0.25, -0.2) is 4.39 Å². The monoisotopic (exact) mass is 302 g/mol. The first-order chi connectivity index (χ1) is 9.08. The molecule has 8 heteroatoms. The zero-order valence-electron chi connectivity index (χ0n) is 9.82. The third kappa shape index (κ3) is 3.65. The van der Waals surface area contributed by atoms with Crippen LogP contribution in [0.1, 0.15) is 5.56 Å². The maximum absolute atomic E-state index is 13.0. The quantitative estimate of drug-likeness (QED) is 0.941. The maximum Gasteiger partial charge on any atom is 0.322 e. The molecular weight excluding hydrogens is 294 g/mol. The van der Waals surface area contributed by atoms with Crippen molar-refractivity contribution in [3.63, 3.8) is 0 Å². The topological polar surface area (TPSA) is 59.9 Å². The molecule has 0 amide bonds. The molecule has 2 rings (SSSR count). The summed E-state index contributed by atoms with van der Waals surface area (Å²) in [6, 6.07) is 4.53. The van der Waals surface area contributed by atoms with Crippen LogP contribution in [-0.2, 0) is 6.54 Å². The number of rotatable bonds is 4. The summed E-state index contributed by atoms with van der Waals surface area (Å²) in [4.78, 5) is 11.6. The van der Waals surface area contributed by atoms with E-state index >= 15 is 0 Å². The Morgan fingerprint density at radius 1 is 1.26 bits per heavy atom. The fourth-order valence-corrected chi connectivity index (χ4v) is 1.69. The molecule has 1 aromatic carbocycles. The number of methoxy groups -OCH3 is 1. The molecule has 5 nitrogen and oxygen atoms in total. The van der Waals surface area contributed by atoms with Gasteiger partial charge in [-0.1, -0.05) is 17.7 Å². The summed E-state index contributed by atoms with van der Waals surface area (Å²) in [6.45, 7) is 0.365. The third-order valence-corrected chi connectivity index (χ3v) is 2.66. The predicted molar refractivity (Wildman–Crippen MR) is 70.1 cm³/mol. The van der Waals surface area contributed by atoms with Crippen LogP contribution in [0.15, 0.2) is 18.2 Å². The number of aromatic nitrogens is 3. The molecule has 0 spiro atoms. The highest BCUT2D eigenvalue weighted by molar-refractivity contribution is 6.30. The summed E-state index contributed by atoms with van der Waals surface area (Å²) >= 11 is 11.4. The van der Waals surface area contributed by atoms with E-state index in [0.29, 0.717) is 6.54 Å². The van der Waals surface area contributed by atoms with E-state index in [0.717, 1.165) is 5.56 Å². The van der Waals surface area contributed by atoms with Crippen molar-refractivity contribution in [3.05, 3.63) is 39.9 Å². The summed E-state index contributed by atoms with van der Waals surface area (Å²) in [7, 11) is 1.43. The number of nitrogens with one attached hydrogen (secondary N) is 1. The molecule has 0 saturated heterocycles. The van der Waals surface area contributed by atoms with E-state index in [-0.39, 0.29) is 22.3 Å². The number of hydrogen-bond donors (Lipinski definition) is 1. The molecule has 0 aliphatic rings. The van der Waals surface area contributed by atoms with Crippen LogP contribution >= 0.6 is 23.2 Å². The van der Waals surface area contributed by atoms with Crippen molar-refractivity contribution < 1.29 is 9.13 Å². The normalized spacial score (nSPS) is 10.3. The largest absolute Gasteiger partial charge is 0.467 e. The van der Waals surface area contributed by atoms with Gasteiger partial charge in [0, 0.05) is 6.54 Å². The lowest BCUT2D eigenvalue weighted by Gasteiger charge is -2.06. The molecule has 0 atom stereocenters. The number of ether oxygens (including phenoxy) is 1. The molecule has 0 aliphatic heterocycles. The van der Waals surface area contributed by atoms with Crippen LogP contribution in [-0.4, -0.2) is 22.1 Å². The first kappa shape index (κ1) is 13.8. The van der Waals surface area contributed by atoms with Crippen molar-refractivity contribution in [2.45, 2.75) is 6.54 Å². The van der Waals surface area contributed by atoms with Crippen LogP contribution in [0.4, 0.5) is 10.3 Å². The Balaban J connectivity index is 2.09. The van der Waals surface area contributed by atoms with Crippen LogP contribution in [0, 0.1) is 5.82 Å². The van der Waals surface area contributed by atoms with E-state index in [9.17, 15) is 4.39 Å². The van der Waals surface area contributed by atoms with Gasteiger partial charge in [0.05, 0.1) is 12.1 Å². The SMILES string of the molecule is COc1nc(Cl)nc(NCc2ccc(F)c(Cl)c2)n1.